The average Bonchev–Trinajstić information content (AvgIpc) is 2.70. The smallest absolute Gasteiger partial charge is 0.407 e. The molecule has 8 nitrogen and oxygen atoms in total. The van der Waals surface area contributed by atoms with E-state index < -0.39 is 11.7 Å². The minimum Gasteiger partial charge on any atom is -0.489 e. The van der Waals surface area contributed by atoms with Crippen LogP contribution in [-0.4, -0.2) is 35.4 Å². The molecule has 0 bridgehead atoms. The van der Waals surface area contributed by atoms with Gasteiger partial charge in [0.1, 0.15) is 23.2 Å². The third-order valence-corrected chi connectivity index (χ3v) is 4.16. The van der Waals surface area contributed by atoms with Gasteiger partial charge in [-0.05, 0) is 59.2 Å². The molecular weight excluding hydrogens is 408 g/mol. The van der Waals surface area contributed by atoms with E-state index in [-0.39, 0.29) is 12.1 Å². The number of hydrogen-bond acceptors (Lipinski definition) is 7. The molecule has 2 N–H and O–H groups in total. The van der Waals surface area contributed by atoms with E-state index in [1.807, 2.05) is 47.6 Å². The van der Waals surface area contributed by atoms with Crippen LogP contribution in [0.1, 0.15) is 53.5 Å². The number of amides is 1. The minimum absolute atomic E-state index is 0.0578. The third-order valence-electron chi connectivity index (χ3n) is 4.16. The zero-order valence-electron chi connectivity index (χ0n) is 19.6. The molecule has 1 atom stereocenters. The summed E-state index contributed by atoms with van der Waals surface area (Å²) in [6.45, 7) is 11.8. The van der Waals surface area contributed by atoms with Crippen LogP contribution in [0, 0.1) is 11.3 Å². The molecular formula is C24H32N4O4. The summed E-state index contributed by atoms with van der Waals surface area (Å²) in [6, 6.07) is 10.7. The van der Waals surface area contributed by atoms with Gasteiger partial charge >= 0.3 is 6.09 Å². The van der Waals surface area contributed by atoms with Crippen molar-refractivity contribution in [3.63, 3.8) is 0 Å². The van der Waals surface area contributed by atoms with Crippen LogP contribution in [0.3, 0.4) is 0 Å². The Balaban J connectivity index is 1.94. The zero-order valence-corrected chi connectivity index (χ0v) is 19.6. The summed E-state index contributed by atoms with van der Waals surface area (Å²) < 4.78 is 16.8. The number of nitriles is 1. The van der Waals surface area contributed by atoms with E-state index in [0.717, 1.165) is 12.1 Å². The molecule has 32 heavy (non-hydrogen) atoms. The van der Waals surface area contributed by atoms with Crippen molar-refractivity contribution in [1.29, 1.82) is 5.26 Å². The molecule has 0 aliphatic heterocycles. The van der Waals surface area contributed by atoms with Crippen LogP contribution >= 0.6 is 0 Å². The summed E-state index contributed by atoms with van der Waals surface area (Å²) in [6.07, 6.45) is 1.92. The highest BCUT2D eigenvalue weighted by molar-refractivity contribution is 5.68. The Morgan fingerprint density at radius 2 is 1.97 bits per heavy atom. The lowest BCUT2D eigenvalue weighted by molar-refractivity contribution is 0.0506. The Bertz CT molecular complexity index is 930. The van der Waals surface area contributed by atoms with Crippen molar-refractivity contribution in [3.8, 4) is 23.4 Å². The lowest BCUT2D eigenvalue weighted by Crippen LogP contribution is -2.42. The number of rotatable bonds is 9. The first-order valence-corrected chi connectivity index (χ1v) is 10.7. The van der Waals surface area contributed by atoms with Crippen LogP contribution in [0.5, 0.6) is 17.4 Å². The quantitative estimate of drug-likeness (QED) is 0.549. The summed E-state index contributed by atoms with van der Waals surface area (Å²) in [5.41, 5.74) is 0.709. The summed E-state index contributed by atoms with van der Waals surface area (Å²) in [7, 11) is 0. The molecule has 2 aromatic rings. The van der Waals surface area contributed by atoms with E-state index in [1.165, 1.54) is 0 Å². The number of benzene rings is 1. The second-order valence-corrected chi connectivity index (χ2v) is 8.56. The normalized spacial score (nSPS) is 11.9. The van der Waals surface area contributed by atoms with E-state index >= 15 is 0 Å². The fourth-order valence-electron chi connectivity index (χ4n) is 2.69. The lowest BCUT2D eigenvalue weighted by Gasteiger charge is -2.23. The van der Waals surface area contributed by atoms with Crippen molar-refractivity contribution < 1.29 is 19.0 Å². The molecule has 1 amide bonds. The highest BCUT2D eigenvalue weighted by Gasteiger charge is 2.18. The van der Waals surface area contributed by atoms with Gasteiger partial charge in [0.25, 0.3) is 0 Å². The van der Waals surface area contributed by atoms with Crippen molar-refractivity contribution in [2.24, 2.45) is 0 Å². The van der Waals surface area contributed by atoms with Gasteiger partial charge in [0, 0.05) is 24.7 Å². The number of aromatic nitrogens is 1. The topological polar surface area (TPSA) is 106 Å². The van der Waals surface area contributed by atoms with Crippen LogP contribution in [0.2, 0.25) is 0 Å². The first-order valence-electron chi connectivity index (χ1n) is 10.7. The number of nitrogens with zero attached hydrogens (tertiary/aromatic N) is 2. The van der Waals surface area contributed by atoms with E-state index in [0.29, 0.717) is 29.5 Å². The largest absolute Gasteiger partial charge is 0.489 e. The molecule has 172 valence electrons. The Morgan fingerprint density at radius 1 is 1.22 bits per heavy atom. The van der Waals surface area contributed by atoms with Gasteiger partial charge in [-0.3, -0.25) is 0 Å². The predicted octanol–water partition coefficient (Wildman–Crippen LogP) is 5.25. The molecule has 2 rings (SSSR count). The summed E-state index contributed by atoms with van der Waals surface area (Å²) in [5.74, 6) is 1.41. The van der Waals surface area contributed by atoms with Gasteiger partial charge in [-0.1, -0.05) is 6.92 Å². The van der Waals surface area contributed by atoms with Crippen LogP contribution in [0.4, 0.5) is 10.5 Å². The molecule has 0 radical (unpaired) electrons. The minimum atomic E-state index is -0.536. The first-order chi connectivity index (χ1) is 15.1. The van der Waals surface area contributed by atoms with Crippen LogP contribution in [0.15, 0.2) is 36.5 Å². The van der Waals surface area contributed by atoms with Crippen molar-refractivity contribution in [2.45, 2.75) is 65.7 Å². The molecule has 0 saturated carbocycles. The van der Waals surface area contributed by atoms with Gasteiger partial charge in [0.2, 0.25) is 5.88 Å². The van der Waals surface area contributed by atoms with Crippen molar-refractivity contribution in [2.75, 3.05) is 11.9 Å². The fraction of sp³-hybridized carbons (Fsp3) is 0.458. The third kappa shape index (κ3) is 8.34. The van der Waals surface area contributed by atoms with Gasteiger partial charge in [0.15, 0.2) is 0 Å². The number of pyridine rings is 1. The van der Waals surface area contributed by atoms with E-state index in [4.69, 9.17) is 14.2 Å². The fourth-order valence-corrected chi connectivity index (χ4v) is 2.69. The second-order valence-electron chi connectivity index (χ2n) is 8.56. The number of ether oxygens (including phenoxy) is 3. The maximum Gasteiger partial charge on any atom is 0.407 e. The number of carbonyl (C=O) groups excluding carboxylic acids is 1. The molecule has 8 heteroatoms. The summed E-state index contributed by atoms with van der Waals surface area (Å²) in [4.78, 5) is 16.3. The molecule has 1 unspecified atom stereocenters. The van der Waals surface area contributed by atoms with Gasteiger partial charge in [0.05, 0.1) is 23.6 Å². The first kappa shape index (κ1) is 24.8. The highest BCUT2D eigenvalue weighted by atomic mass is 16.6. The van der Waals surface area contributed by atoms with Crippen LogP contribution in [0.25, 0.3) is 0 Å². The monoisotopic (exact) mass is 440 g/mol. The summed E-state index contributed by atoms with van der Waals surface area (Å²) in [5, 5.41) is 15.3. The molecule has 1 aromatic carbocycles. The Labute approximate surface area is 189 Å². The van der Waals surface area contributed by atoms with Crippen molar-refractivity contribution in [3.05, 3.63) is 42.1 Å². The molecule has 0 aliphatic carbocycles. The SMILES string of the molecule is CCC(CNc1ccc(Oc2ccc(C#N)c(OC(C)C)c2)nc1)NC(=O)OC(C)(C)C. The Kier molecular flexibility index (Phi) is 8.71. The molecule has 0 saturated heterocycles. The number of hydrogen-bond donors (Lipinski definition) is 2. The Hall–Kier alpha value is -3.47. The standard InChI is InChI=1S/C24H32N4O4/c1-7-18(28-23(29)32-24(4,5)6)14-26-19-9-11-22(27-15-19)31-20-10-8-17(13-25)21(12-20)30-16(2)3/h8-12,15-16,18,26H,7,14H2,1-6H3,(H,28,29). The summed E-state index contributed by atoms with van der Waals surface area (Å²) >= 11 is 0. The van der Waals surface area contributed by atoms with Gasteiger partial charge in [-0.25, -0.2) is 9.78 Å². The molecule has 1 aromatic heterocycles. The molecule has 0 aliphatic rings. The Morgan fingerprint density at radius 3 is 2.53 bits per heavy atom. The zero-order chi connectivity index (χ0) is 23.7. The van der Waals surface area contributed by atoms with Crippen LogP contribution < -0.4 is 20.1 Å². The lowest BCUT2D eigenvalue weighted by atomic mass is 10.2. The van der Waals surface area contributed by atoms with E-state index in [1.54, 1.807) is 30.5 Å². The van der Waals surface area contributed by atoms with Gasteiger partial charge in [-0.2, -0.15) is 5.26 Å². The second kappa shape index (κ2) is 11.2. The van der Waals surface area contributed by atoms with E-state index in [2.05, 4.69) is 21.7 Å². The number of nitrogens with one attached hydrogen (secondary N) is 2. The maximum absolute atomic E-state index is 12.0. The van der Waals surface area contributed by atoms with Crippen molar-refractivity contribution in [1.82, 2.24) is 10.3 Å². The molecule has 0 spiro atoms. The molecule has 1 heterocycles. The molecule has 0 fully saturated rings. The number of anilines is 1. The highest BCUT2D eigenvalue weighted by Crippen LogP contribution is 2.28. The predicted molar refractivity (Wildman–Crippen MR) is 123 cm³/mol. The number of alkyl carbamates (subject to hydrolysis) is 1. The van der Waals surface area contributed by atoms with Gasteiger partial charge in [-0.15, -0.1) is 0 Å². The van der Waals surface area contributed by atoms with Crippen LogP contribution in [-0.2, 0) is 4.74 Å². The van der Waals surface area contributed by atoms with E-state index in [9.17, 15) is 10.1 Å². The van der Waals surface area contributed by atoms with Gasteiger partial charge < -0.3 is 24.8 Å². The maximum atomic E-state index is 12.0. The van der Waals surface area contributed by atoms with Crippen molar-refractivity contribution >= 4 is 11.8 Å². The average molecular weight is 441 g/mol. The number of carbonyl (C=O) groups is 1.